The molecule has 6 heteroatoms. The minimum absolute atomic E-state index is 0.211. The summed E-state index contributed by atoms with van der Waals surface area (Å²) in [5.41, 5.74) is 3.46. The molecule has 3 heterocycles. The number of nitrogens with zero attached hydrogens (tertiary/aromatic N) is 3. The van der Waals surface area contributed by atoms with Gasteiger partial charge in [-0.25, -0.2) is 4.98 Å². The summed E-state index contributed by atoms with van der Waals surface area (Å²) in [7, 11) is 0. The fourth-order valence-corrected chi connectivity index (χ4v) is 3.09. The normalized spacial score (nSPS) is 14.5. The molecule has 3 aromatic rings. The lowest BCUT2D eigenvalue weighted by molar-refractivity contribution is 0.0988. The number of fused-ring (bicyclic) bond motifs is 3. The molecule has 0 atom stereocenters. The quantitative estimate of drug-likeness (QED) is 0.788. The number of hydrogen-bond donors (Lipinski definition) is 1. The molecule has 0 fully saturated rings. The van der Waals surface area contributed by atoms with Gasteiger partial charge < -0.3 is 14.4 Å². The maximum absolute atomic E-state index is 12.1. The first kappa shape index (κ1) is 14.0. The third-order valence-electron chi connectivity index (χ3n) is 4.22. The number of anilines is 1. The molecule has 0 unspecified atom stereocenters. The summed E-state index contributed by atoms with van der Waals surface area (Å²) in [5, 5.41) is 6.57. The van der Waals surface area contributed by atoms with Crippen LogP contribution in [0.3, 0.4) is 0 Å². The molecule has 23 heavy (non-hydrogen) atoms. The molecule has 1 N–H and O–H groups in total. The van der Waals surface area contributed by atoms with Crippen LogP contribution in [-0.2, 0) is 13.0 Å². The van der Waals surface area contributed by atoms with E-state index in [1.165, 1.54) is 19.3 Å². The Morgan fingerprint density at radius 1 is 1.26 bits per heavy atom. The predicted molar refractivity (Wildman–Crippen MR) is 86.5 cm³/mol. The second kappa shape index (κ2) is 5.53. The van der Waals surface area contributed by atoms with Gasteiger partial charge in [0.15, 0.2) is 0 Å². The van der Waals surface area contributed by atoms with E-state index in [1.807, 2.05) is 18.2 Å². The Kier molecular flexibility index (Phi) is 3.37. The number of aromatic nitrogens is 3. The highest BCUT2D eigenvalue weighted by molar-refractivity contribution is 6.03. The van der Waals surface area contributed by atoms with Gasteiger partial charge in [0.05, 0.1) is 16.7 Å². The predicted octanol–water partition coefficient (Wildman–Crippen LogP) is 3.31. The van der Waals surface area contributed by atoms with E-state index < -0.39 is 0 Å². The molecule has 118 valence electrons. The van der Waals surface area contributed by atoms with Crippen molar-refractivity contribution < 1.29 is 9.32 Å². The molecule has 0 saturated carbocycles. The van der Waals surface area contributed by atoms with Crippen LogP contribution in [0.2, 0.25) is 0 Å². The molecular weight excluding hydrogens is 292 g/mol. The number of nitrogens with one attached hydrogen (secondary N) is 1. The van der Waals surface area contributed by atoms with Gasteiger partial charge >= 0.3 is 0 Å². The molecular formula is C17H18N4O2. The Bertz CT molecular complexity index is 878. The molecule has 1 aliphatic heterocycles. The average Bonchev–Trinajstić information content (AvgIpc) is 3.03. The standard InChI is InChI=1S/C17H18N4O2/c1-11-9-15(23-20-11)17(22)18-12-6-7-14-13(10-12)19-16-5-3-2-4-8-21(14)16/h6-7,9-10H,2-5,8H2,1H3,(H,18,22). The number of aryl methyl sites for hydroxylation is 3. The van der Waals surface area contributed by atoms with E-state index >= 15 is 0 Å². The van der Waals surface area contributed by atoms with Crippen LogP contribution in [0, 0.1) is 6.92 Å². The zero-order valence-electron chi connectivity index (χ0n) is 13.0. The topological polar surface area (TPSA) is 73.0 Å². The fourth-order valence-electron chi connectivity index (χ4n) is 3.09. The molecule has 0 aliphatic carbocycles. The van der Waals surface area contributed by atoms with E-state index in [2.05, 4.69) is 15.0 Å². The van der Waals surface area contributed by atoms with Crippen molar-refractivity contribution in [2.75, 3.05) is 5.32 Å². The van der Waals surface area contributed by atoms with Crippen molar-refractivity contribution in [3.63, 3.8) is 0 Å². The van der Waals surface area contributed by atoms with Gasteiger partial charge in [-0.15, -0.1) is 0 Å². The minimum atomic E-state index is -0.300. The number of rotatable bonds is 2. The van der Waals surface area contributed by atoms with Crippen LogP contribution in [0.5, 0.6) is 0 Å². The molecule has 0 spiro atoms. The van der Waals surface area contributed by atoms with Crippen LogP contribution in [0.4, 0.5) is 5.69 Å². The lowest BCUT2D eigenvalue weighted by atomic mass is 10.2. The number of imidazole rings is 1. The number of hydrogen-bond acceptors (Lipinski definition) is 4. The van der Waals surface area contributed by atoms with Crippen molar-refractivity contribution in [1.82, 2.24) is 14.7 Å². The van der Waals surface area contributed by atoms with E-state index in [-0.39, 0.29) is 11.7 Å². The molecule has 1 aromatic carbocycles. The average molecular weight is 310 g/mol. The number of benzene rings is 1. The summed E-state index contributed by atoms with van der Waals surface area (Å²) < 4.78 is 7.28. The molecule has 0 saturated heterocycles. The highest BCUT2D eigenvalue weighted by atomic mass is 16.5. The lowest BCUT2D eigenvalue weighted by Crippen LogP contribution is -2.10. The first-order valence-corrected chi connectivity index (χ1v) is 7.94. The molecule has 6 nitrogen and oxygen atoms in total. The fraction of sp³-hybridized carbons (Fsp3) is 0.353. The van der Waals surface area contributed by atoms with Crippen LogP contribution in [-0.4, -0.2) is 20.6 Å². The number of carbonyl (C=O) groups excluding carboxylic acids is 1. The summed E-state index contributed by atoms with van der Waals surface area (Å²) in [4.78, 5) is 16.9. The van der Waals surface area contributed by atoms with Gasteiger partial charge in [0.25, 0.3) is 5.91 Å². The van der Waals surface area contributed by atoms with Crippen molar-refractivity contribution in [1.29, 1.82) is 0 Å². The van der Waals surface area contributed by atoms with Gasteiger partial charge in [-0.3, -0.25) is 4.79 Å². The Balaban J connectivity index is 1.63. The van der Waals surface area contributed by atoms with Gasteiger partial charge in [-0.2, -0.15) is 0 Å². The van der Waals surface area contributed by atoms with E-state index in [0.29, 0.717) is 11.4 Å². The number of amides is 1. The highest BCUT2D eigenvalue weighted by Gasteiger charge is 2.15. The van der Waals surface area contributed by atoms with E-state index in [0.717, 1.165) is 29.8 Å². The van der Waals surface area contributed by atoms with Crippen molar-refractivity contribution in [3.8, 4) is 0 Å². The van der Waals surface area contributed by atoms with Gasteiger partial charge in [0.1, 0.15) is 5.82 Å². The summed E-state index contributed by atoms with van der Waals surface area (Å²) in [5.74, 6) is 1.06. The van der Waals surface area contributed by atoms with Crippen LogP contribution in [0.15, 0.2) is 28.8 Å². The summed E-state index contributed by atoms with van der Waals surface area (Å²) >= 11 is 0. The SMILES string of the molecule is Cc1cc(C(=O)Nc2ccc3c(c2)nc2n3CCCCC2)on1. The smallest absolute Gasteiger partial charge is 0.294 e. The van der Waals surface area contributed by atoms with Crippen molar-refractivity contribution in [2.45, 2.75) is 39.2 Å². The summed E-state index contributed by atoms with van der Waals surface area (Å²) in [6.07, 6.45) is 4.67. The van der Waals surface area contributed by atoms with E-state index in [4.69, 9.17) is 9.51 Å². The van der Waals surface area contributed by atoms with Gasteiger partial charge in [0, 0.05) is 24.7 Å². The van der Waals surface area contributed by atoms with E-state index in [9.17, 15) is 4.79 Å². The zero-order chi connectivity index (χ0) is 15.8. The maximum Gasteiger partial charge on any atom is 0.294 e. The van der Waals surface area contributed by atoms with Crippen molar-refractivity contribution >= 4 is 22.6 Å². The Hall–Kier alpha value is -2.63. The van der Waals surface area contributed by atoms with Crippen LogP contribution in [0.25, 0.3) is 11.0 Å². The van der Waals surface area contributed by atoms with Crippen LogP contribution >= 0.6 is 0 Å². The second-order valence-corrected chi connectivity index (χ2v) is 5.98. The Morgan fingerprint density at radius 3 is 3.00 bits per heavy atom. The first-order chi connectivity index (χ1) is 11.2. The van der Waals surface area contributed by atoms with Crippen LogP contribution < -0.4 is 5.32 Å². The van der Waals surface area contributed by atoms with Gasteiger partial charge in [-0.1, -0.05) is 11.6 Å². The van der Waals surface area contributed by atoms with Crippen LogP contribution in [0.1, 0.15) is 41.3 Å². The molecule has 1 aliphatic rings. The van der Waals surface area contributed by atoms with Gasteiger partial charge in [0.2, 0.25) is 5.76 Å². The summed E-state index contributed by atoms with van der Waals surface area (Å²) in [6.45, 7) is 2.80. The van der Waals surface area contributed by atoms with E-state index in [1.54, 1.807) is 13.0 Å². The maximum atomic E-state index is 12.1. The molecule has 0 bridgehead atoms. The Morgan fingerprint density at radius 2 is 2.17 bits per heavy atom. The molecule has 0 radical (unpaired) electrons. The van der Waals surface area contributed by atoms with Gasteiger partial charge in [-0.05, 0) is 38.0 Å². The largest absolute Gasteiger partial charge is 0.351 e. The number of carbonyl (C=O) groups is 1. The second-order valence-electron chi connectivity index (χ2n) is 5.98. The third-order valence-corrected chi connectivity index (χ3v) is 4.22. The lowest BCUT2D eigenvalue weighted by Gasteiger charge is -2.05. The molecule has 1 amide bonds. The summed E-state index contributed by atoms with van der Waals surface area (Å²) in [6, 6.07) is 7.46. The van der Waals surface area contributed by atoms with Crippen molar-refractivity contribution in [2.24, 2.45) is 0 Å². The molecule has 4 rings (SSSR count). The van der Waals surface area contributed by atoms with Crippen molar-refractivity contribution in [3.05, 3.63) is 41.5 Å². The Labute approximate surface area is 133 Å². The molecule has 2 aromatic heterocycles. The minimum Gasteiger partial charge on any atom is -0.351 e. The monoisotopic (exact) mass is 310 g/mol. The third kappa shape index (κ3) is 2.60. The highest BCUT2D eigenvalue weighted by Crippen LogP contribution is 2.24. The zero-order valence-corrected chi connectivity index (χ0v) is 13.0. The first-order valence-electron chi connectivity index (χ1n) is 7.94.